The maximum Gasteiger partial charge on any atom is 0.225 e. The molecule has 3 rings (SSSR count). The maximum absolute atomic E-state index is 12.2. The van der Waals surface area contributed by atoms with Crippen LogP contribution in [-0.4, -0.2) is 41.9 Å². The summed E-state index contributed by atoms with van der Waals surface area (Å²) in [5.41, 5.74) is 1.36. The molecule has 2 fully saturated rings. The van der Waals surface area contributed by atoms with Gasteiger partial charge in [-0.3, -0.25) is 9.69 Å². The summed E-state index contributed by atoms with van der Waals surface area (Å²) in [5.74, 6) is 0.756. The SMILES string of the molecule is Cl.O=C(C1CCC1)N1CCN(Cc2ccccc2)CC1. The van der Waals surface area contributed by atoms with E-state index in [1.807, 2.05) is 0 Å². The Morgan fingerprint density at radius 3 is 2.25 bits per heavy atom. The van der Waals surface area contributed by atoms with Gasteiger partial charge in [0, 0.05) is 38.6 Å². The number of hydrogen-bond acceptors (Lipinski definition) is 2. The van der Waals surface area contributed by atoms with E-state index in [0.717, 1.165) is 45.6 Å². The molecule has 1 aromatic carbocycles. The van der Waals surface area contributed by atoms with Crippen LogP contribution in [0.4, 0.5) is 0 Å². The van der Waals surface area contributed by atoms with E-state index in [-0.39, 0.29) is 12.4 Å². The Morgan fingerprint density at radius 1 is 1.05 bits per heavy atom. The number of rotatable bonds is 3. The lowest BCUT2D eigenvalue weighted by atomic mass is 9.84. The zero-order valence-electron chi connectivity index (χ0n) is 11.8. The summed E-state index contributed by atoms with van der Waals surface area (Å²) in [6, 6.07) is 10.6. The third-order valence-corrected chi connectivity index (χ3v) is 4.39. The van der Waals surface area contributed by atoms with Gasteiger partial charge in [0.2, 0.25) is 5.91 Å². The summed E-state index contributed by atoms with van der Waals surface area (Å²) in [7, 11) is 0. The molecular weight excluding hydrogens is 272 g/mol. The monoisotopic (exact) mass is 294 g/mol. The van der Waals surface area contributed by atoms with Gasteiger partial charge >= 0.3 is 0 Å². The lowest BCUT2D eigenvalue weighted by Crippen LogP contribution is -2.50. The van der Waals surface area contributed by atoms with E-state index < -0.39 is 0 Å². The van der Waals surface area contributed by atoms with Crippen molar-refractivity contribution in [2.24, 2.45) is 5.92 Å². The Balaban J connectivity index is 0.00000147. The average Bonchev–Trinajstić information content (AvgIpc) is 2.39. The van der Waals surface area contributed by atoms with E-state index >= 15 is 0 Å². The highest BCUT2D eigenvalue weighted by Gasteiger charge is 2.30. The van der Waals surface area contributed by atoms with Crippen molar-refractivity contribution in [1.29, 1.82) is 0 Å². The number of benzene rings is 1. The van der Waals surface area contributed by atoms with Crippen LogP contribution in [0.25, 0.3) is 0 Å². The van der Waals surface area contributed by atoms with Crippen molar-refractivity contribution in [3.05, 3.63) is 35.9 Å². The first-order chi connectivity index (χ1) is 9.33. The fraction of sp³-hybridized carbons (Fsp3) is 0.562. The highest BCUT2D eigenvalue weighted by molar-refractivity contribution is 5.85. The number of amides is 1. The average molecular weight is 295 g/mol. The summed E-state index contributed by atoms with van der Waals surface area (Å²) in [6.45, 7) is 4.83. The van der Waals surface area contributed by atoms with Crippen molar-refractivity contribution in [3.63, 3.8) is 0 Å². The molecule has 1 heterocycles. The van der Waals surface area contributed by atoms with Gasteiger partial charge < -0.3 is 4.90 Å². The highest BCUT2D eigenvalue weighted by Crippen LogP contribution is 2.28. The molecule has 1 aliphatic carbocycles. The Kier molecular flexibility index (Phi) is 5.44. The van der Waals surface area contributed by atoms with Crippen molar-refractivity contribution >= 4 is 18.3 Å². The van der Waals surface area contributed by atoms with Crippen LogP contribution in [-0.2, 0) is 11.3 Å². The fourth-order valence-electron chi connectivity index (χ4n) is 2.88. The van der Waals surface area contributed by atoms with E-state index in [4.69, 9.17) is 0 Å². The van der Waals surface area contributed by atoms with Gasteiger partial charge in [-0.2, -0.15) is 0 Å². The van der Waals surface area contributed by atoms with Crippen molar-refractivity contribution in [2.75, 3.05) is 26.2 Å². The second-order valence-electron chi connectivity index (χ2n) is 5.71. The molecule has 4 heteroatoms. The van der Waals surface area contributed by atoms with Crippen molar-refractivity contribution in [2.45, 2.75) is 25.8 Å². The third-order valence-electron chi connectivity index (χ3n) is 4.39. The van der Waals surface area contributed by atoms with E-state index in [9.17, 15) is 4.79 Å². The first kappa shape index (κ1) is 15.3. The quantitative estimate of drug-likeness (QED) is 0.855. The predicted molar refractivity (Wildman–Crippen MR) is 82.9 cm³/mol. The van der Waals surface area contributed by atoms with Crippen LogP contribution >= 0.6 is 12.4 Å². The van der Waals surface area contributed by atoms with Crippen LogP contribution in [0.1, 0.15) is 24.8 Å². The normalized spacial score (nSPS) is 20.1. The molecule has 1 amide bonds. The Morgan fingerprint density at radius 2 is 1.70 bits per heavy atom. The molecule has 1 saturated carbocycles. The largest absolute Gasteiger partial charge is 0.340 e. The third kappa shape index (κ3) is 3.53. The number of halogens is 1. The minimum atomic E-state index is 0. The first-order valence-electron chi connectivity index (χ1n) is 7.38. The molecule has 2 aliphatic rings. The zero-order chi connectivity index (χ0) is 13.1. The van der Waals surface area contributed by atoms with Crippen LogP contribution in [0.15, 0.2) is 30.3 Å². The number of carbonyl (C=O) groups is 1. The highest BCUT2D eigenvalue weighted by atomic mass is 35.5. The molecule has 1 aliphatic heterocycles. The number of hydrogen-bond donors (Lipinski definition) is 0. The van der Waals surface area contributed by atoms with Crippen LogP contribution in [0.2, 0.25) is 0 Å². The summed E-state index contributed by atoms with van der Waals surface area (Å²) in [6.07, 6.45) is 3.47. The molecule has 0 spiro atoms. The molecule has 0 radical (unpaired) electrons. The molecule has 110 valence electrons. The Hall–Kier alpha value is -1.06. The molecule has 0 atom stereocenters. The number of piperazine rings is 1. The van der Waals surface area contributed by atoms with Gasteiger partial charge in [0.25, 0.3) is 0 Å². The summed E-state index contributed by atoms with van der Waals surface area (Å²) in [4.78, 5) is 16.7. The standard InChI is InChI=1S/C16H22N2O.ClH/c19-16(15-7-4-8-15)18-11-9-17(10-12-18)13-14-5-2-1-3-6-14;/h1-3,5-6,15H,4,7-13H2;1H. The van der Waals surface area contributed by atoms with Gasteiger partial charge in [-0.25, -0.2) is 0 Å². The summed E-state index contributed by atoms with van der Waals surface area (Å²) >= 11 is 0. The van der Waals surface area contributed by atoms with Gasteiger partial charge in [0.1, 0.15) is 0 Å². The number of carbonyl (C=O) groups excluding carboxylic acids is 1. The molecule has 1 aromatic rings. The molecule has 0 aromatic heterocycles. The molecule has 0 bridgehead atoms. The van der Waals surface area contributed by atoms with Crippen molar-refractivity contribution in [1.82, 2.24) is 9.80 Å². The van der Waals surface area contributed by atoms with Gasteiger partial charge in [-0.05, 0) is 18.4 Å². The van der Waals surface area contributed by atoms with Crippen molar-refractivity contribution < 1.29 is 4.79 Å². The smallest absolute Gasteiger partial charge is 0.225 e. The second kappa shape index (κ2) is 7.09. The molecule has 1 saturated heterocycles. The molecule has 20 heavy (non-hydrogen) atoms. The topological polar surface area (TPSA) is 23.6 Å². The minimum Gasteiger partial charge on any atom is -0.340 e. The molecule has 3 nitrogen and oxygen atoms in total. The van der Waals surface area contributed by atoms with Crippen LogP contribution in [0.5, 0.6) is 0 Å². The second-order valence-corrected chi connectivity index (χ2v) is 5.71. The maximum atomic E-state index is 12.2. The predicted octanol–water partition coefficient (Wildman–Crippen LogP) is 2.55. The van der Waals surface area contributed by atoms with E-state index in [1.165, 1.54) is 12.0 Å². The fourth-order valence-corrected chi connectivity index (χ4v) is 2.88. The van der Waals surface area contributed by atoms with Gasteiger partial charge in [-0.1, -0.05) is 36.8 Å². The van der Waals surface area contributed by atoms with E-state index in [0.29, 0.717) is 11.8 Å². The molecule has 0 N–H and O–H groups in total. The van der Waals surface area contributed by atoms with E-state index in [1.54, 1.807) is 0 Å². The Labute approximate surface area is 127 Å². The summed E-state index contributed by atoms with van der Waals surface area (Å²) < 4.78 is 0. The van der Waals surface area contributed by atoms with Crippen LogP contribution in [0, 0.1) is 5.92 Å². The Bertz CT molecular complexity index is 425. The molecule has 0 unspecified atom stereocenters. The van der Waals surface area contributed by atoms with Crippen LogP contribution in [0.3, 0.4) is 0 Å². The van der Waals surface area contributed by atoms with Crippen molar-refractivity contribution in [3.8, 4) is 0 Å². The lowest BCUT2D eigenvalue weighted by Gasteiger charge is -2.38. The van der Waals surface area contributed by atoms with Gasteiger partial charge in [0.05, 0.1) is 0 Å². The van der Waals surface area contributed by atoms with Crippen LogP contribution < -0.4 is 0 Å². The lowest BCUT2D eigenvalue weighted by molar-refractivity contribution is -0.140. The van der Waals surface area contributed by atoms with E-state index in [2.05, 4.69) is 40.1 Å². The molecular formula is C16H23ClN2O. The minimum absolute atomic E-state index is 0. The van der Waals surface area contributed by atoms with Gasteiger partial charge in [-0.15, -0.1) is 12.4 Å². The van der Waals surface area contributed by atoms with Gasteiger partial charge in [0.15, 0.2) is 0 Å². The zero-order valence-corrected chi connectivity index (χ0v) is 12.6. The first-order valence-corrected chi connectivity index (χ1v) is 7.38. The summed E-state index contributed by atoms with van der Waals surface area (Å²) in [5, 5.41) is 0. The number of nitrogens with zero attached hydrogens (tertiary/aromatic N) is 2.